The van der Waals surface area contributed by atoms with Gasteiger partial charge in [0.1, 0.15) is 11.5 Å². The number of hydrogen-bond donors (Lipinski definition) is 0. The normalized spacial score (nSPS) is 11.9. The smallest absolute Gasteiger partial charge is 0.153 e. The summed E-state index contributed by atoms with van der Waals surface area (Å²) in [5, 5.41) is 7.51. The van der Waals surface area contributed by atoms with Crippen LogP contribution in [-0.4, -0.2) is 15.2 Å². The molecule has 0 amide bonds. The maximum atomic E-state index is 5.92. The molecule has 0 aliphatic carbocycles. The summed E-state index contributed by atoms with van der Waals surface area (Å²) in [5.74, 6) is 1.55. The third-order valence-corrected chi connectivity index (χ3v) is 2.99. The first kappa shape index (κ1) is 13.2. The molecule has 1 aromatic heterocycles. The van der Waals surface area contributed by atoms with Crippen molar-refractivity contribution in [2.75, 3.05) is 0 Å². The summed E-state index contributed by atoms with van der Waals surface area (Å²) >= 11 is 0. The number of para-hydroxylation sites is 2. The SMILES string of the molecule is CC(On1ccnn1)c1ccccc1Oc1ccccc1. The van der Waals surface area contributed by atoms with E-state index in [9.17, 15) is 0 Å². The van der Waals surface area contributed by atoms with E-state index in [-0.39, 0.29) is 6.10 Å². The van der Waals surface area contributed by atoms with E-state index in [0.717, 1.165) is 17.1 Å². The maximum absolute atomic E-state index is 5.92. The molecule has 1 atom stereocenters. The number of nitrogens with zero attached hydrogens (tertiary/aromatic N) is 3. The van der Waals surface area contributed by atoms with Crippen molar-refractivity contribution in [3.05, 3.63) is 72.6 Å². The Labute approximate surface area is 122 Å². The van der Waals surface area contributed by atoms with Crippen LogP contribution in [0.4, 0.5) is 0 Å². The van der Waals surface area contributed by atoms with Gasteiger partial charge in [-0.3, -0.25) is 0 Å². The zero-order chi connectivity index (χ0) is 14.5. The highest BCUT2D eigenvalue weighted by molar-refractivity contribution is 5.38. The van der Waals surface area contributed by atoms with Gasteiger partial charge in [-0.05, 0) is 30.3 Å². The molecule has 2 aromatic carbocycles. The van der Waals surface area contributed by atoms with Gasteiger partial charge in [-0.2, -0.15) is 0 Å². The van der Waals surface area contributed by atoms with Crippen LogP contribution in [0.15, 0.2) is 67.0 Å². The Morgan fingerprint density at radius 3 is 2.52 bits per heavy atom. The molecule has 5 heteroatoms. The van der Waals surface area contributed by atoms with Crippen molar-refractivity contribution in [3.63, 3.8) is 0 Å². The molecule has 3 aromatic rings. The molecular weight excluding hydrogens is 266 g/mol. The van der Waals surface area contributed by atoms with Gasteiger partial charge in [0.05, 0.1) is 12.4 Å². The van der Waals surface area contributed by atoms with E-state index in [1.165, 1.54) is 4.85 Å². The highest BCUT2D eigenvalue weighted by Gasteiger charge is 2.14. The lowest BCUT2D eigenvalue weighted by Gasteiger charge is -2.17. The van der Waals surface area contributed by atoms with Crippen LogP contribution >= 0.6 is 0 Å². The number of ether oxygens (including phenoxy) is 1. The zero-order valence-electron chi connectivity index (χ0n) is 11.6. The summed E-state index contributed by atoms with van der Waals surface area (Å²) in [7, 11) is 0. The van der Waals surface area contributed by atoms with Crippen LogP contribution in [0.2, 0.25) is 0 Å². The van der Waals surface area contributed by atoms with Gasteiger partial charge in [0.15, 0.2) is 6.10 Å². The Hall–Kier alpha value is -2.82. The van der Waals surface area contributed by atoms with Crippen molar-refractivity contribution in [2.45, 2.75) is 13.0 Å². The van der Waals surface area contributed by atoms with Crippen LogP contribution in [0.1, 0.15) is 18.6 Å². The molecule has 5 nitrogen and oxygen atoms in total. The van der Waals surface area contributed by atoms with Crippen molar-refractivity contribution in [1.82, 2.24) is 15.2 Å². The maximum Gasteiger partial charge on any atom is 0.153 e. The third-order valence-electron chi connectivity index (χ3n) is 2.99. The monoisotopic (exact) mass is 281 g/mol. The predicted molar refractivity (Wildman–Crippen MR) is 78.0 cm³/mol. The highest BCUT2D eigenvalue weighted by atomic mass is 16.7. The molecule has 1 heterocycles. The first-order valence-electron chi connectivity index (χ1n) is 6.68. The Bertz CT molecular complexity index is 684. The molecule has 0 fully saturated rings. The second-order valence-corrected chi connectivity index (χ2v) is 4.51. The molecule has 0 spiro atoms. The van der Waals surface area contributed by atoms with Crippen LogP contribution in [0, 0.1) is 0 Å². The minimum absolute atomic E-state index is 0.216. The van der Waals surface area contributed by atoms with Crippen molar-refractivity contribution < 1.29 is 9.57 Å². The number of hydrogen-bond acceptors (Lipinski definition) is 4. The number of aromatic nitrogens is 3. The van der Waals surface area contributed by atoms with E-state index < -0.39 is 0 Å². The largest absolute Gasteiger partial charge is 0.457 e. The van der Waals surface area contributed by atoms with E-state index in [1.807, 2.05) is 61.5 Å². The lowest BCUT2D eigenvalue weighted by Crippen LogP contribution is -2.16. The standard InChI is InChI=1S/C16H15N3O2/c1-13(21-19-12-11-17-18-19)15-9-5-6-10-16(15)20-14-7-3-2-4-8-14/h2-13H,1H3. The Balaban J connectivity index is 1.82. The molecule has 21 heavy (non-hydrogen) atoms. The fraction of sp³-hybridized carbons (Fsp3) is 0.125. The van der Waals surface area contributed by atoms with Gasteiger partial charge in [-0.1, -0.05) is 41.2 Å². The summed E-state index contributed by atoms with van der Waals surface area (Å²) < 4.78 is 5.92. The van der Waals surface area contributed by atoms with E-state index in [4.69, 9.17) is 9.57 Å². The highest BCUT2D eigenvalue weighted by Crippen LogP contribution is 2.29. The van der Waals surface area contributed by atoms with Crippen LogP contribution in [0.3, 0.4) is 0 Å². The van der Waals surface area contributed by atoms with E-state index in [2.05, 4.69) is 10.3 Å². The molecule has 3 rings (SSSR count). The van der Waals surface area contributed by atoms with Crippen LogP contribution in [-0.2, 0) is 0 Å². The van der Waals surface area contributed by atoms with Gasteiger partial charge in [0.2, 0.25) is 0 Å². The minimum atomic E-state index is -0.216. The van der Waals surface area contributed by atoms with Crippen LogP contribution < -0.4 is 9.57 Å². The second kappa shape index (κ2) is 6.09. The minimum Gasteiger partial charge on any atom is -0.457 e. The summed E-state index contributed by atoms with van der Waals surface area (Å²) in [6.07, 6.45) is 3.00. The van der Waals surface area contributed by atoms with Gasteiger partial charge in [0.25, 0.3) is 0 Å². The van der Waals surface area contributed by atoms with Gasteiger partial charge in [0, 0.05) is 5.56 Å². The molecular formula is C16H15N3O2. The third kappa shape index (κ3) is 3.20. The summed E-state index contributed by atoms with van der Waals surface area (Å²) in [5.41, 5.74) is 0.942. The van der Waals surface area contributed by atoms with Crippen molar-refractivity contribution in [3.8, 4) is 11.5 Å². The Kier molecular flexibility index (Phi) is 3.82. The molecule has 0 saturated carbocycles. The second-order valence-electron chi connectivity index (χ2n) is 4.51. The fourth-order valence-electron chi connectivity index (χ4n) is 2.00. The Morgan fingerprint density at radius 1 is 1.00 bits per heavy atom. The zero-order valence-corrected chi connectivity index (χ0v) is 11.6. The summed E-state index contributed by atoms with van der Waals surface area (Å²) in [4.78, 5) is 7.02. The Morgan fingerprint density at radius 2 is 1.76 bits per heavy atom. The van der Waals surface area contributed by atoms with Crippen molar-refractivity contribution in [2.24, 2.45) is 0 Å². The van der Waals surface area contributed by atoms with Gasteiger partial charge >= 0.3 is 0 Å². The van der Waals surface area contributed by atoms with E-state index in [1.54, 1.807) is 12.4 Å². The molecule has 0 aliphatic rings. The van der Waals surface area contributed by atoms with Gasteiger partial charge < -0.3 is 9.57 Å². The molecule has 0 aliphatic heterocycles. The van der Waals surface area contributed by atoms with Crippen LogP contribution in [0.25, 0.3) is 0 Å². The first-order valence-corrected chi connectivity index (χ1v) is 6.68. The summed E-state index contributed by atoms with van der Waals surface area (Å²) in [6.45, 7) is 1.94. The number of rotatable bonds is 5. The molecule has 1 unspecified atom stereocenters. The predicted octanol–water partition coefficient (Wildman–Crippen LogP) is 3.26. The molecule has 0 radical (unpaired) electrons. The van der Waals surface area contributed by atoms with Gasteiger partial charge in [-0.25, -0.2) is 0 Å². The summed E-state index contributed by atoms with van der Waals surface area (Å²) in [6, 6.07) is 17.4. The molecule has 106 valence electrons. The molecule has 0 N–H and O–H groups in total. The lowest BCUT2D eigenvalue weighted by molar-refractivity contribution is 0.0204. The fourth-order valence-corrected chi connectivity index (χ4v) is 2.00. The first-order chi connectivity index (χ1) is 10.3. The quantitative estimate of drug-likeness (QED) is 0.720. The molecule has 0 bridgehead atoms. The van der Waals surface area contributed by atoms with Crippen molar-refractivity contribution in [1.29, 1.82) is 0 Å². The molecule has 0 saturated heterocycles. The lowest BCUT2D eigenvalue weighted by atomic mass is 10.1. The van der Waals surface area contributed by atoms with Crippen LogP contribution in [0.5, 0.6) is 11.5 Å². The van der Waals surface area contributed by atoms with E-state index >= 15 is 0 Å². The average molecular weight is 281 g/mol. The van der Waals surface area contributed by atoms with Crippen molar-refractivity contribution >= 4 is 0 Å². The van der Waals surface area contributed by atoms with Gasteiger partial charge in [-0.15, -0.1) is 5.10 Å². The number of benzene rings is 2. The topological polar surface area (TPSA) is 49.2 Å². The average Bonchev–Trinajstić information content (AvgIpc) is 3.02. The van der Waals surface area contributed by atoms with E-state index in [0.29, 0.717) is 0 Å².